The molecule has 2 fully saturated rings. The molecule has 1 saturated carbocycles. The summed E-state index contributed by atoms with van der Waals surface area (Å²) in [5, 5.41) is 8.05. The van der Waals surface area contributed by atoms with Crippen molar-refractivity contribution in [2.24, 2.45) is 7.05 Å². The maximum atomic E-state index is 4.75. The van der Waals surface area contributed by atoms with E-state index >= 15 is 0 Å². The first kappa shape index (κ1) is 10.3. The summed E-state index contributed by atoms with van der Waals surface area (Å²) in [5.74, 6) is 3.50. The molecular formula is C12H20N4. The lowest BCUT2D eigenvalue weighted by atomic mass is 10.0. The first-order chi connectivity index (χ1) is 7.84. The van der Waals surface area contributed by atoms with E-state index < -0.39 is 0 Å². The molecule has 1 N–H and O–H groups in total. The molecule has 0 radical (unpaired) electrons. The molecule has 4 heteroatoms. The first-order valence-corrected chi connectivity index (χ1v) is 6.46. The van der Waals surface area contributed by atoms with Crippen LogP contribution in [0.3, 0.4) is 0 Å². The van der Waals surface area contributed by atoms with Gasteiger partial charge in [0.2, 0.25) is 0 Å². The first-order valence-electron chi connectivity index (χ1n) is 6.46. The Labute approximate surface area is 96.4 Å². The van der Waals surface area contributed by atoms with Crippen LogP contribution in [0.5, 0.6) is 0 Å². The molecule has 3 rings (SSSR count). The monoisotopic (exact) mass is 220 g/mol. The number of hydrogen-bond donors (Lipinski definition) is 1. The summed E-state index contributed by atoms with van der Waals surface area (Å²) in [6.07, 6.45) is 6.43. The summed E-state index contributed by atoms with van der Waals surface area (Å²) in [5.41, 5.74) is 0. The van der Waals surface area contributed by atoms with Crippen molar-refractivity contribution in [2.75, 3.05) is 13.1 Å². The molecule has 1 atom stereocenters. The van der Waals surface area contributed by atoms with Crippen molar-refractivity contribution in [2.45, 2.75) is 43.9 Å². The van der Waals surface area contributed by atoms with Gasteiger partial charge in [-0.05, 0) is 32.2 Å². The van der Waals surface area contributed by atoms with E-state index in [0.29, 0.717) is 11.8 Å². The molecule has 1 aromatic heterocycles. The minimum Gasteiger partial charge on any atom is -0.316 e. The van der Waals surface area contributed by atoms with E-state index in [1.165, 1.54) is 37.9 Å². The second kappa shape index (κ2) is 4.17. The summed E-state index contributed by atoms with van der Waals surface area (Å²) in [4.78, 5) is 4.75. The van der Waals surface area contributed by atoms with Gasteiger partial charge in [0.25, 0.3) is 0 Å². The second-order valence-corrected chi connectivity index (χ2v) is 5.12. The third kappa shape index (κ3) is 1.98. The summed E-state index contributed by atoms with van der Waals surface area (Å²) in [6, 6.07) is 0. The predicted molar refractivity (Wildman–Crippen MR) is 62.4 cm³/mol. The van der Waals surface area contributed by atoms with Gasteiger partial charge in [0.15, 0.2) is 5.82 Å². The molecule has 0 bridgehead atoms. The smallest absolute Gasteiger partial charge is 0.154 e. The second-order valence-electron chi connectivity index (χ2n) is 5.12. The van der Waals surface area contributed by atoms with Crippen LogP contribution in [0.1, 0.15) is 55.6 Å². The highest BCUT2D eigenvalue weighted by molar-refractivity contribution is 5.09. The molecule has 88 valence electrons. The van der Waals surface area contributed by atoms with Crippen molar-refractivity contribution in [3.8, 4) is 0 Å². The highest BCUT2D eigenvalue weighted by Gasteiger charge is 2.30. The zero-order chi connectivity index (χ0) is 11.0. The van der Waals surface area contributed by atoms with Crippen LogP contribution in [0.2, 0.25) is 0 Å². The zero-order valence-corrected chi connectivity index (χ0v) is 9.95. The number of hydrogen-bond acceptors (Lipinski definition) is 3. The van der Waals surface area contributed by atoms with Crippen LogP contribution in [0, 0.1) is 0 Å². The van der Waals surface area contributed by atoms with Crippen LogP contribution in [-0.2, 0) is 7.05 Å². The van der Waals surface area contributed by atoms with E-state index in [4.69, 9.17) is 4.98 Å². The number of aryl methyl sites for hydroxylation is 1. The van der Waals surface area contributed by atoms with Crippen molar-refractivity contribution in [1.29, 1.82) is 0 Å². The maximum absolute atomic E-state index is 4.75. The van der Waals surface area contributed by atoms with E-state index in [1.54, 1.807) is 0 Å². The van der Waals surface area contributed by atoms with Gasteiger partial charge in [0.1, 0.15) is 5.82 Å². The Bertz CT molecular complexity index is 359. The van der Waals surface area contributed by atoms with E-state index in [1.807, 2.05) is 11.7 Å². The normalized spacial score (nSPS) is 26.7. The molecule has 1 aliphatic heterocycles. The van der Waals surface area contributed by atoms with E-state index in [0.717, 1.165) is 18.9 Å². The summed E-state index contributed by atoms with van der Waals surface area (Å²) in [6.45, 7) is 2.22. The Balaban J connectivity index is 1.80. The molecule has 0 amide bonds. The number of nitrogens with zero attached hydrogens (tertiary/aromatic N) is 3. The van der Waals surface area contributed by atoms with Gasteiger partial charge in [-0.25, -0.2) is 4.98 Å². The molecule has 1 aromatic rings. The Hall–Kier alpha value is -0.900. The molecular weight excluding hydrogens is 200 g/mol. The molecule has 1 aliphatic carbocycles. The lowest BCUT2D eigenvalue weighted by Crippen LogP contribution is -2.21. The maximum Gasteiger partial charge on any atom is 0.154 e. The summed E-state index contributed by atoms with van der Waals surface area (Å²) >= 11 is 0. The minimum absolute atomic E-state index is 0.562. The van der Waals surface area contributed by atoms with Gasteiger partial charge in [0.05, 0.1) is 0 Å². The highest BCUT2D eigenvalue weighted by Crippen LogP contribution is 2.38. The Morgan fingerprint density at radius 3 is 2.88 bits per heavy atom. The van der Waals surface area contributed by atoms with Crippen LogP contribution >= 0.6 is 0 Å². The largest absolute Gasteiger partial charge is 0.316 e. The van der Waals surface area contributed by atoms with E-state index in [2.05, 4.69) is 10.4 Å². The molecule has 1 unspecified atom stereocenters. The van der Waals surface area contributed by atoms with Crippen molar-refractivity contribution in [3.05, 3.63) is 11.6 Å². The fourth-order valence-corrected chi connectivity index (χ4v) is 2.53. The average Bonchev–Trinajstić information content (AvgIpc) is 3.08. The average molecular weight is 220 g/mol. The lowest BCUT2D eigenvalue weighted by molar-refractivity contribution is 0.543. The molecule has 16 heavy (non-hydrogen) atoms. The number of rotatable bonds is 2. The van der Waals surface area contributed by atoms with Gasteiger partial charge in [-0.1, -0.05) is 6.42 Å². The van der Waals surface area contributed by atoms with Gasteiger partial charge >= 0.3 is 0 Å². The van der Waals surface area contributed by atoms with Crippen LogP contribution in [0.25, 0.3) is 0 Å². The molecule has 2 heterocycles. The lowest BCUT2D eigenvalue weighted by Gasteiger charge is -2.12. The van der Waals surface area contributed by atoms with Gasteiger partial charge in [-0.3, -0.25) is 4.68 Å². The predicted octanol–water partition coefficient (Wildman–Crippen LogP) is 1.55. The number of aromatic nitrogens is 3. The Morgan fingerprint density at radius 2 is 2.06 bits per heavy atom. The van der Waals surface area contributed by atoms with Crippen LogP contribution in [0.4, 0.5) is 0 Å². The third-order valence-corrected chi connectivity index (χ3v) is 3.67. The van der Waals surface area contributed by atoms with Crippen LogP contribution < -0.4 is 5.32 Å². The fourth-order valence-electron chi connectivity index (χ4n) is 2.53. The number of nitrogens with one attached hydrogen (secondary N) is 1. The highest BCUT2D eigenvalue weighted by atomic mass is 15.3. The van der Waals surface area contributed by atoms with Crippen molar-refractivity contribution in [1.82, 2.24) is 20.1 Å². The van der Waals surface area contributed by atoms with Crippen molar-refractivity contribution in [3.63, 3.8) is 0 Å². The van der Waals surface area contributed by atoms with Crippen LogP contribution in [-0.4, -0.2) is 27.9 Å². The Morgan fingerprint density at radius 1 is 1.19 bits per heavy atom. The molecule has 4 nitrogen and oxygen atoms in total. The van der Waals surface area contributed by atoms with Gasteiger partial charge in [-0.2, -0.15) is 5.10 Å². The van der Waals surface area contributed by atoms with Crippen molar-refractivity contribution < 1.29 is 0 Å². The molecule has 2 aliphatic rings. The third-order valence-electron chi connectivity index (χ3n) is 3.67. The SMILES string of the molecule is Cn1nc(C2CC2)nc1C1CCCCNC1. The minimum atomic E-state index is 0.562. The molecule has 1 saturated heterocycles. The van der Waals surface area contributed by atoms with E-state index in [-0.39, 0.29) is 0 Å². The van der Waals surface area contributed by atoms with Crippen LogP contribution in [0.15, 0.2) is 0 Å². The topological polar surface area (TPSA) is 42.7 Å². The van der Waals surface area contributed by atoms with Gasteiger partial charge < -0.3 is 5.32 Å². The quantitative estimate of drug-likeness (QED) is 0.822. The molecule has 0 spiro atoms. The fraction of sp³-hybridized carbons (Fsp3) is 0.833. The van der Waals surface area contributed by atoms with Gasteiger partial charge in [0, 0.05) is 25.4 Å². The summed E-state index contributed by atoms with van der Waals surface area (Å²) in [7, 11) is 2.04. The van der Waals surface area contributed by atoms with E-state index in [9.17, 15) is 0 Å². The standard InChI is InChI=1S/C12H20N4/c1-16-12(10-4-2-3-7-13-8-10)14-11(15-16)9-5-6-9/h9-10,13H,2-8H2,1H3. The van der Waals surface area contributed by atoms with Gasteiger partial charge in [-0.15, -0.1) is 0 Å². The molecule has 0 aromatic carbocycles. The van der Waals surface area contributed by atoms with Crippen molar-refractivity contribution >= 4 is 0 Å². The zero-order valence-electron chi connectivity index (χ0n) is 9.95. The summed E-state index contributed by atoms with van der Waals surface area (Å²) < 4.78 is 2.01. The Kier molecular flexibility index (Phi) is 2.67.